The van der Waals surface area contributed by atoms with Crippen LogP contribution < -0.4 is 0 Å². The number of ether oxygens (including phenoxy) is 4. The highest BCUT2D eigenvalue weighted by Crippen LogP contribution is 2.47. The number of aliphatic hydroxyl groups excluding tert-OH is 2. The van der Waals surface area contributed by atoms with E-state index in [9.17, 15) is 15.7 Å². The van der Waals surface area contributed by atoms with Crippen LogP contribution in [0.2, 0.25) is 18.1 Å². The van der Waals surface area contributed by atoms with E-state index in [2.05, 4.69) is 50.8 Å². The Morgan fingerprint density at radius 1 is 1.05 bits per heavy atom. The second-order valence-corrected chi connectivity index (χ2v) is 17.5. The summed E-state index contributed by atoms with van der Waals surface area (Å²) in [5.41, 5.74) is 10.5. The first kappa shape index (κ1) is 34.0. The van der Waals surface area contributed by atoms with Gasteiger partial charge >= 0.3 is 0 Å². The van der Waals surface area contributed by atoms with Gasteiger partial charge in [0, 0.05) is 10.8 Å². The van der Waals surface area contributed by atoms with Gasteiger partial charge in [-0.15, -0.1) is 0 Å². The highest BCUT2D eigenvalue weighted by atomic mass is 28.4. The van der Waals surface area contributed by atoms with E-state index in [0.717, 1.165) is 5.56 Å². The zero-order valence-electron chi connectivity index (χ0n) is 26.1. The Kier molecular flexibility index (Phi) is 11.8. The topological polar surface area (TPSA) is 135 Å². The summed E-state index contributed by atoms with van der Waals surface area (Å²) in [6.07, 6.45) is -4.16. The van der Waals surface area contributed by atoms with E-state index >= 15 is 0 Å². The van der Waals surface area contributed by atoms with E-state index in [-0.39, 0.29) is 29.6 Å². The van der Waals surface area contributed by atoms with E-state index in [4.69, 9.17) is 23.4 Å². The minimum atomic E-state index is -2.31. The van der Waals surface area contributed by atoms with Gasteiger partial charge in [0.25, 0.3) is 0 Å². The summed E-state index contributed by atoms with van der Waals surface area (Å²) in [5.74, 6) is -0.204. The molecule has 2 fully saturated rings. The van der Waals surface area contributed by atoms with Gasteiger partial charge in [-0.3, -0.25) is 0 Å². The van der Waals surface area contributed by atoms with Gasteiger partial charge in [-0.25, -0.2) is 0 Å². The van der Waals surface area contributed by atoms with Crippen LogP contribution in [0.5, 0.6) is 0 Å². The van der Waals surface area contributed by atoms with Gasteiger partial charge in [-0.05, 0) is 47.5 Å². The minimum Gasteiger partial charge on any atom is -0.394 e. The molecule has 11 heteroatoms. The Balaban J connectivity index is 1.82. The third kappa shape index (κ3) is 7.52. The van der Waals surface area contributed by atoms with Crippen LogP contribution in [0.25, 0.3) is 10.4 Å². The maximum absolute atomic E-state index is 11.0. The van der Waals surface area contributed by atoms with E-state index in [1.165, 1.54) is 0 Å². The lowest BCUT2D eigenvalue weighted by Gasteiger charge is -2.51. The first-order chi connectivity index (χ1) is 19.3. The summed E-state index contributed by atoms with van der Waals surface area (Å²) in [6.45, 7) is 19.1. The predicted molar refractivity (Wildman–Crippen MR) is 159 cm³/mol. The number of rotatable bonds is 12. The number of aliphatic hydroxyl groups is 2. The van der Waals surface area contributed by atoms with E-state index in [1.54, 1.807) is 0 Å². The van der Waals surface area contributed by atoms with Crippen molar-refractivity contribution < 1.29 is 33.6 Å². The molecule has 2 heterocycles. The molecule has 10 atom stereocenters. The average Bonchev–Trinajstić information content (AvgIpc) is 2.93. The molecule has 0 bridgehead atoms. The number of azide groups is 1. The number of hydrogen-bond donors (Lipinski definition) is 2. The molecule has 232 valence electrons. The summed E-state index contributed by atoms with van der Waals surface area (Å²) < 4.78 is 32.1. The third-order valence-electron chi connectivity index (χ3n) is 9.73. The zero-order valence-corrected chi connectivity index (χ0v) is 27.1. The van der Waals surface area contributed by atoms with Gasteiger partial charge in [-0.2, -0.15) is 0 Å². The second kappa shape index (κ2) is 14.3. The molecule has 1 aromatic rings. The lowest BCUT2D eigenvalue weighted by Crippen LogP contribution is -2.61. The summed E-state index contributed by atoms with van der Waals surface area (Å²) in [4.78, 5) is 3.14. The summed E-state index contributed by atoms with van der Waals surface area (Å²) in [5, 5.41) is 25.0. The largest absolute Gasteiger partial charge is 0.394 e. The van der Waals surface area contributed by atoms with Gasteiger partial charge in [0.1, 0.15) is 12.2 Å². The number of nitrogens with zero attached hydrogens (tertiary/aromatic N) is 3. The monoisotopic (exact) mass is 593 g/mol. The van der Waals surface area contributed by atoms with Crippen molar-refractivity contribution in [3.63, 3.8) is 0 Å². The smallest absolute Gasteiger partial charge is 0.196 e. The molecule has 2 N–H and O–H groups in total. The molecule has 0 amide bonds. The van der Waals surface area contributed by atoms with E-state index < -0.39 is 51.4 Å². The van der Waals surface area contributed by atoms with Crippen LogP contribution in [0, 0.1) is 17.8 Å². The van der Waals surface area contributed by atoms with Crippen molar-refractivity contribution in [3.8, 4) is 0 Å². The van der Waals surface area contributed by atoms with Crippen LogP contribution >= 0.6 is 0 Å². The number of benzene rings is 1. The molecule has 2 aliphatic heterocycles. The molecule has 0 saturated carbocycles. The standard InChI is InChI=1S/C30H51N3O7Si/c1-10-22-26(19(4)24(32-33-31)29(37-22)40-41(8,9)30(6,7)18(2)3)39-28-20(5)27(25(35)23(16-34)38-28)36-17-21-14-12-11-13-15-21/h11-15,18-20,22-29,34-35H,10,16-17H2,1-9H3/t19-,20?,22?,23?,24?,25-,26+,27+,28+,29+/m1/s1. The molecule has 41 heavy (non-hydrogen) atoms. The first-order valence-electron chi connectivity index (χ1n) is 14.9. The summed E-state index contributed by atoms with van der Waals surface area (Å²) >= 11 is 0. The van der Waals surface area contributed by atoms with Crippen LogP contribution in [0.1, 0.15) is 60.5 Å². The van der Waals surface area contributed by atoms with Crippen molar-refractivity contribution in [3.05, 3.63) is 46.3 Å². The molecule has 0 spiro atoms. The van der Waals surface area contributed by atoms with Crippen molar-refractivity contribution in [1.82, 2.24) is 0 Å². The van der Waals surface area contributed by atoms with Crippen LogP contribution in [-0.4, -0.2) is 74.3 Å². The van der Waals surface area contributed by atoms with Crippen LogP contribution in [0.15, 0.2) is 35.4 Å². The Bertz CT molecular complexity index is 1010. The van der Waals surface area contributed by atoms with E-state index in [0.29, 0.717) is 18.9 Å². The van der Waals surface area contributed by atoms with Crippen molar-refractivity contribution in [2.24, 2.45) is 22.9 Å². The van der Waals surface area contributed by atoms with Crippen molar-refractivity contribution >= 4 is 8.32 Å². The molecule has 1 aromatic carbocycles. The fourth-order valence-electron chi connectivity index (χ4n) is 5.64. The Morgan fingerprint density at radius 3 is 2.24 bits per heavy atom. The molecular formula is C30H51N3O7Si. The molecule has 0 aliphatic carbocycles. The fraction of sp³-hybridized carbons (Fsp3) is 0.800. The molecular weight excluding hydrogens is 542 g/mol. The third-order valence-corrected chi connectivity index (χ3v) is 14.2. The maximum Gasteiger partial charge on any atom is 0.196 e. The van der Waals surface area contributed by atoms with Gasteiger partial charge < -0.3 is 33.6 Å². The molecule has 2 saturated heterocycles. The molecule has 4 unspecified atom stereocenters. The quantitative estimate of drug-likeness (QED) is 0.136. The molecule has 10 nitrogen and oxygen atoms in total. The van der Waals surface area contributed by atoms with Crippen molar-refractivity contribution in [2.75, 3.05) is 6.61 Å². The highest BCUT2D eigenvalue weighted by Gasteiger charge is 2.52. The average molecular weight is 594 g/mol. The van der Waals surface area contributed by atoms with Crippen molar-refractivity contribution in [1.29, 1.82) is 0 Å². The minimum absolute atomic E-state index is 0.0458. The Hall–Kier alpha value is -1.53. The summed E-state index contributed by atoms with van der Waals surface area (Å²) in [6, 6.07) is 9.12. The highest BCUT2D eigenvalue weighted by molar-refractivity contribution is 6.74. The SMILES string of the molecule is CCC1O[C@@H](O[Si](C)(C)C(C)(C)C(C)C)C(N=[N+]=[N-])[C@@H](C)[C@@H]1O[C@@H]1OC(CO)[C@@H](O)[C@@H](OCc2ccccc2)C1C. The van der Waals surface area contributed by atoms with Crippen LogP contribution in [-0.2, 0) is 30.0 Å². The molecule has 2 aliphatic rings. The van der Waals surface area contributed by atoms with E-state index in [1.807, 2.05) is 51.1 Å². The normalized spacial score (nSPS) is 34.8. The lowest BCUT2D eigenvalue weighted by molar-refractivity contribution is -0.328. The maximum atomic E-state index is 11.0. The molecule has 0 aromatic heterocycles. The first-order valence-corrected chi connectivity index (χ1v) is 17.8. The number of hydrogen-bond acceptors (Lipinski definition) is 8. The Morgan fingerprint density at radius 2 is 1.68 bits per heavy atom. The van der Waals surface area contributed by atoms with Crippen LogP contribution in [0.3, 0.4) is 0 Å². The van der Waals surface area contributed by atoms with Crippen molar-refractivity contribution in [2.45, 2.75) is 129 Å². The van der Waals surface area contributed by atoms with Gasteiger partial charge in [0.15, 0.2) is 20.9 Å². The van der Waals surface area contributed by atoms with Crippen LogP contribution in [0.4, 0.5) is 0 Å². The lowest BCUT2D eigenvalue weighted by atomic mass is 9.87. The fourth-order valence-corrected chi connectivity index (χ4v) is 8.11. The van der Waals surface area contributed by atoms with Gasteiger partial charge in [0.2, 0.25) is 0 Å². The molecule has 0 radical (unpaired) electrons. The zero-order chi connectivity index (χ0) is 30.5. The second-order valence-electron chi connectivity index (χ2n) is 12.9. The van der Waals surface area contributed by atoms with Gasteiger partial charge in [-0.1, -0.05) is 83.9 Å². The van der Waals surface area contributed by atoms with Gasteiger partial charge in [0.05, 0.1) is 37.6 Å². The summed E-state index contributed by atoms with van der Waals surface area (Å²) in [7, 11) is -2.31. The Labute approximate surface area is 246 Å². The molecule has 3 rings (SSSR count). The predicted octanol–water partition coefficient (Wildman–Crippen LogP) is 5.78.